The van der Waals surface area contributed by atoms with Gasteiger partial charge in [-0.25, -0.2) is 4.39 Å². The highest BCUT2D eigenvalue weighted by Gasteiger charge is 2.26. The van der Waals surface area contributed by atoms with Crippen LogP contribution in [-0.2, 0) is 29.1 Å². The zero-order chi connectivity index (χ0) is 22.1. The second-order valence-electron chi connectivity index (χ2n) is 7.35. The number of hydrogen-bond acceptors (Lipinski definition) is 3. The Kier molecular flexibility index (Phi) is 7.87. The average Bonchev–Trinajstić information content (AvgIpc) is 2.81. The molecule has 3 aromatic rings. The lowest BCUT2D eigenvalue weighted by Gasteiger charge is -2.29. The van der Waals surface area contributed by atoms with Gasteiger partial charge in [-0.3, -0.25) is 14.6 Å². The summed E-state index contributed by atoms with van der Waals surface area (Å²) in [6, 6.07) is 20.5. The number of pyridine rings is 1. The maximum absolute atomic E-state index is 13.3. The van der Waals surface area contributed by atoms with E-state index < -0.39 is 6.04 Å². The molecule has 3 rings (SSSR count). The number of nitrogens with one attached hydrogen (secondary N) is 1. The van der Waals surface area contributed by atoms with E-state index in [9.17, 15) is 14.0 Å². The number of carbonyl (C=O) groups excluding carboxylic acids is 2. The highest BCUT2D eigenvalue weighted by Crippen LogP contribution is 2.14. The number of rotatable bonds is 9. The minimum atomic E-state index is -0.683. The van der Waals surface area contributed by atoms with Gasteiger partial charge >= 0.3 is 0 Å². The second-order valence-corrected chi connectivity index (χ2v) is 7.35. The first kappa shape index (κ1) is 22.2. The molecule has 1 heterocycles. The summed E-state index contributed by atoms with van der Waals surface area (Å²) in [7, 11) is 0. The van der Waals surface area contributed by atoms with Crippen LogP contribution in [0.2, 0.25) is 0 Å². The fraction of sp³-hybridized carbons (Fsp3) is 0.240. The summed E-state index contributed by atoms with van der Waals surface area (Å²) < 4.78 is 13.3. The van der Waals surface area contributed by atoms with Crippen molar-refractivity contribution in [2.45, 2.75) is 38.9 Å². The van der Waals surface area contributed by atoms with Crippen molar-refractivity contribution in [1.82, 2.24) is 15.2 Å². The molecule has 160 valence electrons. The van der Waals surface area contributed by atoms with Gasteiger partial charge < -0.3 is 10.2 Å². The normalized spacial score (nSPS) is 11.5. The number of amides is 2. The van der Waals surface area contributed by atoms with Gasteiger partial charge in [0, 0.05) is 19.2 Å². The van der Waals surface area contributed by atoms with Gasteiger partial charge in [0.25, 0.3) is 0 Å². The molecular weight excluding hydrogens is 393 g/mol. The molecule has 0 bridgehead atoms. The van der Waals surface area contributed by atoms with Gasteiger partial charge in [0.1, 0.15) is 11.9 Å². The fourth-order valence-corrected chi connectivity index (χ4v) is 3.24. The predicted molar refractivity (Wildman–Crippen MR) is 117 cm³/mol. The van der Waals surface area contributed by atoms with E-state index in [-0.39, 0.29) is 37.1 Å². The molecule has 0 unspecified atom stereocenters. The molecule has 0 saturated heterocycles. The summed E-state index contributed by atoms with van der Waals surface area (Å²) in [6.07, 6.45) is 2.53. The van der Waals surface area contributed by atoms with Crippen molar-refractivity contribution in [2.24, 2.45) is 0 Å². The highest BCUT2D eigenvalue weighted by molar-refractivity contribution is 5.87. The van der Waals surface area contributed by atoms with Crippen LogP contribution in [0.4, 0.5) is 4.39 Å². The average molecular weight is 420 g/mol. The van der Waals surface area contributed by atoms with Crippen molar-refractivity contribution in [3.63, 3.8) is 0 Å². The first-order valence-corrected chi connectivity index (χ1v) is 10.3. The molecule has 0 aliphatic rings. The topological polar surface area (TPSA) is 62.3 Å². The highest BCUT2D eigenvalue weighted by atomic mass is 19.1. The monoisotopic (exact) mass is 419 g/mol. The predicted octanol–water partition coefficient (Wildman–Crippen LogP) is 3.89. The van der Waals surface area contributed by atoms with Crippen LogP contribution in [0.15, 0.2) is 79.0 Å². The standard InChI is InChI=1S/C25H26FN3O2/c1-19(25(31)28-17-23-9-5-6-16-27-23)29(18-21-10-13-22(26)14-11-21)24(30)15-12-20-7-3-2-4-8-20/h2-11,13-14,16,19H,12,15,17-18H2,1H3,(H,28,31)/t19-/m1/s1. The minimum absolute atomic E-state index is 0.131. The maximum Gasteiger partial charge on any atom is 0.242 e. The Morgan fingerprint density at radius 1 is 0.968 bits per heavy atom. The van der Waals surface area contributed by atoms with Crippen LogP contribution in [-0.4, -0.2) is 27.7 Å². The van der Waals surface area contributed by atoms with E-state index in [1.165, 1.54) is 12.1 Å². The quantitative estimate of drug-likeness (QED) is 0.572. The summed E-state index contributed by atoms with van der Waals surface area (Å²) in [5, 5.41) is 2.85. The number of hydrogen-bond donors (Lipinski definition) is 1. The lowest BCUT2D eigenvalue weighted by atomic mass is 10.1. The molecule has 2 amide bonds. The largest absolute Gasteiger partial charge is 0.349 e. The van der Waals surface area contributed by atoms with Crippen LogP contribution in [0.3, 0.4) is 0 Å². The van der Waals surface area contributed by atoms with Crippen molar-refractivity contribution in [1.29, 1.82) is 0 Å². The van der Waals surface area contributed by atoms with E-state index in [2.05, 4.69) is 10.3 Å². The molecule has 5 nitrogen and oxygen atoms in total. The first-order chi connectivity index (χ1) is 15.0. The molecule has 1 N–H and O–H groups in total. The first-order valence-electron chi connectivity index (χ1n) is 10.3. The van der Waals surface area contributed by atoms with E-state index in [0.29, 0.717) is 6.42 Å². The van der Waals surface area contributed by atoms with Crippen molar-refractivity contribution in [3.8, 4) is 0 Å². The van der Waals surface area contributed by atoms with Crippen LogP contribution in [0.25, 0.3) is 0 Å². The number of benzene rings is 2. The number of halogens is 1. The van der Waals surface area contributed by atoms with Crippen LogP contribution < -0.4 is 5.32 Å². The maximum atomic E-state index is 13.3. The van der Waals surface area contributed by atoms with Crippen LogP contribution >= 0.6 is 0 Å². The van der Waals surface area contributed by atoms with Crippen molar-refractivity contribution in [2.75, 3.05) is 0 Å². The third-order valence-electron chi connectivity index (χ3n) is 5.07. The Morgan fingerprint density at radius 2 is 1.68 bits per heavy atom. The molecule has 6 heteroatoms. The lowest BCUT2D eigenvalue weighted by molar-refractivity contribution is -0.140. The molecule has 0 aliphatic heterocycles. The van der Waals surface area contributed by atoms with Crippen molar-refractivity contribution >= 4 is 11.8 Å². The third kappa shape index (κ3) is 6.74. The second kappa shape index (κ2) is 11.0. The summed E-state index contributed by atoms with van der Waals surface area (Å²) in [5.74, 6) is -0.735. The van der Waals surface area contributed by atoms with Gasteiger partial charge in [0.15, 0.2) is 0 Å². The molecule has 0 fully saturated rings. The number of aromatic nitrogens is 1. The lowest BCUT2D eigenvalue weighted by Crippen LogP contribution is -2.47. The molecule has 0 aliphatic carbocycles. The van der Waals surface area contributed by atoms with Gasteiger partial charge in [0.05, 0.1) is 12.2 Å². The SMILES string of the molecule is C[C@H](C(=O)NCc1ccccn1)N(Cc1ccc(F)cc1)C(=O)CCc1ccccc1. The van der Waals surface area contributed by atoms with Gasteiger partial charge in [0.2, 0.25) is 11.8 Å². The molecule has 0 radical (unpaired) electrons. The van der Waals surface area contributed by atoms with Crippen molar-refractivity contribution < 1.29 is 14.0 Å². The summed E-state index contributed by atoms with van der Waals surface area (Å²) in [4.78, 5) is 31.6. The van der Waals surface area contributed by atoms with Gasteiger partial charge in [-0.2, -0.15) is 0 Å². The Balaban J connectivity index is 1.69. The zero-order valence-electron chi connectivity index (χ0n) is 17.5. The molecule has 0 spiro atoms. The third-order valence-corrected chi connectivity index (χ3v) is 5.07. The summed E-state index contributed by atoms with van der Waals surface area (Å²) >= 11 is 0. The number of aryl methyl sites for hydroxylation is 1. The number of carbonyl (C=O) groups is 2. The smallest absolute Gasteiger partial charge is 0.242 e. The molecular formula is C25H26FN3O2. The van der Waals surface area contributed by atoms with Gasteiger partial charge in [-0.05, 0) is 48.7 Å². The number of nitrogens with zero attached hydrogens (tertiary/aromatic N) is 2. The Labute approximate surface area is 181 Å². The van der Waals surface area contributed by atoms with Gasteiger partial charge in [-0.1, -0.05) is 48.5 Å². The Morgan fingerprint density at radius 3 is 2.35 bits per heavy atom. The zero-order valence-corrected chi connectivity index (χ0v) is 17.5. The van der Waals surface area contributed by atoms with Crippen LogP contribution in [0.1, 0.15) is 30.2 Å². The Bertz CT molecular complexity index is 979. The van der Waals surface area contributed by atoms with Gasteiger partial charge in [-0.15, -0.1) is 0 Å². The fourth-order valence-electron chi connectivity index (χ4n) is 3.24. The van der Waals surface area contributed by atoms with E-state index in [0.717, 1.165) is 16.8 Å². The van der Waals surface area contributed by atoms with E-state index >= 15 is 0 Å². The van der Waals surface area contributed by atoms with E-state index in [4.69, 9.17) is 0 Å². The molecule has 31 heavy (non-hydrogen) atoms. The van der Waals surface area contributed by atoms with Crippen LogP contribution in [0.5, 0.6) is 0 Å². The molecule has 1 aromatic heterocycles. The summed E-state index contributed by atoms with van der Waals surface area (Å²) in [5.41, 5.74) is 2.56. The van der Waals surface area contributed by atoms with E-state index in [1.54, 1.807) is 30.2 Å². The summed E-state index contributed by atoms with van der Waals surface area (Å²) in [6.45, 7) is 2.22. The van der Waals surface area contributed by atoms with Crippen molar-refractivity contribution in [3.05, 3.63) is 102 Å². The Hall–Kier alpha value is -3.54. The molecule has 0 saturated carbocycles. The van der Waals surface area contributed by atoms with E-state index in [1.807, 2.05) is 48.5 Å². The molecule has 2 aromatic carbocycles. The van der Waals surface area contributed by atoms with Crippen LogP contribution in [0, 0.1) is 5.82 Å². The molecule has 1 atom stereocenters. The minimum Gasteiger partial charge on any atom is -0.349 e.